The molecule has 0 spiro atoms. The third-order valence-electron chi connectivity index (χ3n) is 2.79. The molecule has 0 unspecified atom stereocenters. The van der Waals surface area contributed by atoms with Gasteiger partial charge in [0, 0.05) is 34.3 Å². The van der Waals surface area contributed by atoms with Crippen LogP contribution < -0.4 is 0 Å². The summed E-state index contributed by atoms with van der Waals surface area (Å²) in [4.78, 5) is 0. The average molecular weight is 453 g/mol. The van der Waals surface area contributed by atoms with E-state index in [1.165, 1.54) is 9.61 Å². The van der Waals surface area contributed by atoms with Gasteiger partial charge in [0.25, 0.3) is 0 Å². The van der Waals surface area contributed by atoms with Crippen molar-refractivity contribution in [1.82, 2.24) is 9.78 Å². The molecule has 1 heterocycles. The number of benzene rings is 1. The molecule has 0 aliphatic carbocycles. The van der Waals surface area contributed by atoms with Crippen molar-refractivity contribution >= 4 is 57.5 Å². The van der Waals surface area contributed by atoms with E-state index < -0.39 is 8.07 Å². The number of halogens is 2. The first kappa shape index (κ1) is 15.5. The Bertz CT molecular complexity index is 580. The third kappa shape index (κ3) is 4.54. The second-order valence-corrected chi connectivity index (χ2v) is 13.6. The number of hydrogen-bond acceptors (Lipinski definition) is 2. The van der Waals surface area contributed by atoms with Gasteiger partial charge in [-0.05, 0) is 56.7 Å². The van der Waals surface area contributed by atoms with E-state index in [4.69, 9.17) is 4.74 Å². The molecular formula is C13H18BrIN2OSi. The molecular weight excluding hydrogens is 435 g/mol. The molecule has 0 bridgehead atoms. The fraction of sp³-hybridized carbons (Fsp3) is 0.462. The Morgan fingerprint density at radius 2 is 2.11 bits per heavy atom. The molecule has 0 atom stereocenters. The average Bonchev–Trinajstić information content (AvgIpc) is 2.66. The lowest BCUT2D eigenvalue weighted by Crippen LogP contribution is -2.22. The van der Waals surface area contributed by atoms with E-state index in [1.54, 1.807) is 0 Å². The highest BCUT2D eigenvalue weighted by atomic mass is 127. The monoisotopic (exact) mass is 452 g/mol. The van der Waals surface area contributed by atoms with Crippen LogP contribution in [-0.4, -0.2) is 24.5 Å². The Balaban J connectivity index is 2.00. The third-order valence-corrected chi connectivity index (χ3v) is 5.73. The highest BCUT2D eigenvalue weighted by Gasteiger charge is 2.12. The Labute approximate surface area is 137 Å². The summed E-state index contributed by atoms with van der Waals surface area (Å²) in [5, 5.41) is 5.69. The van der Waals surface area contributed by atoms with Gasteiger partial charge in [0.2, 0.25) is 0 Å². The number of aromatic nitrogens is 2. The van der Waals surface area contributed by atoms with Crippen LogP contribution in [0.3, 0.4) is 0 Å². The van der Waals surface area contributed by atoms with Crippen molar-refractivity contribution in [1.29, 1.82) is 0 Å². The topological polar surface area (TPSA) is 27.1 Å². The summed E-state index contributed by atoms with van der Waals surface area (Å²) >= 11 is 5.87. The maximum atomic E-state index is 5.71. The fourth-order valence-corrected chi connectivity index (χ4v) is 4.10. The molecule has 0 fully saturated rings. The van der Waals surface area contributed by atoms with Crippen LogP contribution in [0.5, 0.6) is 0 Å². The van der Waals surface area contributed by atoms with Gasteiger partial charge in [-0.1, -0.05) is 19.6 Å². The summed E-state index contributed by atoms with van der Waals surface area (Å²) < 4.78 is 9.83. The summed E-state index contributed by atoms with van der Waals surface area (Å²) in [7, 11) is -1.01. The molecule has 0 radical (unpaired) electrons. The van der Waals surface area contributed by atoms with Gasteiger partial charge in [-0.15, -0.1) is 0 Å². The van der Waals surface area contributed by atoms with Crippen LogP contribution in [0.4, 0.5) is 0 Å². The number of nitrogens with zero attached hydrogens (tertiary/aromatic N) is 2. The Morgan fingerprint density at radius 1 is 1.37 bits per heavy atom. The summed E-state index contributed by atoms with van der Waals surface area (Å²) in [5.41, 5.74) is 0.995. The number of hydrogen-bond donors (Lipinski definition) is 0. The van der Waals surface area contributed by atoms with Crippen molar-refractivity contribution in [2.45, 2.75) is 32.4 Å². The molecule has 0 saturated heterocycles. The van der Waals surface area contributed by atoms with E-state index in [2.05, 4.69) is 75.4 Å². The van der Waals surface area contributed by atoms with Crippen LogP contribution in [0.1, 0.15) is 0 Å². The maximum Gasteiger partial charge on any atom is 0.139 e. The van der Waals surface area contributed by atoms with Gasteiger partial charge < -0.3 is 4.74 Å². The lowest BCUT2D eigenvalue weighted by Gasteiger charge is -2.15. The molecule has 0 aliphatic rings. The summed E-state index contributed by atoms with van der Waals surface area (Å²) in [6.45, 7) is 8.43. The van der Waals surface area contributed by atoms with Gasteiger partial charge in [0.05, 0.1) is 0 Å². The van der Waals surface area contributed by atoms with Crippen LogP contribution >= 0.6 is 38.5 Å². The Morgan fingerprint density at radius 3 is 2.79 bits per heavy atom. The molecule has 0 aliphatic heterocycles. The second-order valence-electron chi connectivity index (χ2n) is 5.84. The van der Waals surface area contributed by atoms with Crippen molar-refractivity contribution in [3.8, 4) is 0 Å². The molecule has 0 saturated carbocycles. The predicted molar refractivity (Wildman–Crippen MR) is 94.3 cm³/mol. The minimum Gasteiger partial charge on any atom is -0.360 e. The zero-order valence-corrected chi connectivity index (χ0v) is 16.2. The van der Waals surface area contributed by atoms with Crippen molar-refractivity contribution in [2.24, 2.45) is 0 Å². The highest BCUT2D eigenvalue weighted by molar-refractivity contribution is 14.1. The van der Waals surface area contributed by atoms with Gasteiger partial charge in [-0.2, -0.15) is 5.10 Å². The van der Waals surface area contributed by atoms with Gasteiger partial charge in [0.15, 0.2) is 0 Å². The summed E-state index contributed by atoms with van der Waals surface area (Å²) in [5.74, 6) is 0. The van der Waals surface area contributed by atoms with Gasteiger partial charge in [-0.25, -0.2) is 4.68 Å². The first-order valence-corrected chi connectivity index (χ1v) is 11.8. The minimum absolute atomic E-state index is 0.530. The van der Waals surface area contributed by atoms with Crippen LogP contribution in [-0.2, 0) is 11.5 Å². The van der Waals surface area contributed by atoms with Crippen LogP contribution in [0.2, 0.25) is 25.7 Å². The Kier molecular flexibility index (Phi) is 5.08. The van der Waals surface area contributed by atoms with Crippen LogP contribution in [0.15, 0.2) is 22.8 Å². The molecule has 3 nitrogen and oxygen atoms in total. The summed E-state index contributed by atoms with van der Waals surface area (Å²) in [6, 6.07) is 5.40. The first-order valence-electron chi connectivity index (χ1n) is 6.25. The van der Waals surface area contributed by atoms with E-state index >= 15 is 0 Å². The van der Waals surface area contributed by atoms with E-state index in [1.807, 2.05) is 10.9 Å². The van der Waals surface area contributed by atoms with Crippen molar-refractivity contribution in [3.05, 3.63) is 26.4 Å². The highest BCUT2D eigenvalue weighted by Crippen LogP contribution is 2.25. The fourth-order valence-electron chi connectivity index (χ4n) is 1.71. The minimum atomic E-state index is -1.01. The number of ether oxygens (including phenoxy) is 1. The molecule has 2 aromatic rings. The van der Waals surface area contributed by atoms with E-state index in [-0.39, 0.29) is 0 Å². The van der Waals surface area contributed by atoms with Gasteiger partial charge >= 0.3 is 0 Å². The first-order chi connectivity index (χ1) is 8.85. The number of fused-ring (bicyclic) bond motifs is 1. The van der Waals surface area contributed by atoms with Crippen molar-refractivity contribution < 1.29 is 4.74 Å². The predicted octanol–water partition coefficient (Wildman–Crippen LogP) is 4.72. The van der Waals surface area contributed by atoms with Gasteiger partial charge in [-0.3, -0.25) is 0 Å². The zero-order chi connectivity index (χ0) is 14.0. The lowest BCUT2D eigenvalue weighted by atomic mass is 10.3. The molecule has 0 N–H and O–H groups in total. The smallest absolute Gasteiger partial charge is 0.139 e. The molecule has 2 rings (SSSR count). The van der Waals surface area contributed by atoms with Gasteiger partial charge in [0.1, 0.15) is 12.2 Å². The standard InChI is InChI=1S/C13H18BrIN2OSi/c1-19(2,3)5-4-18-9-17-8-10-6-11(15)7-12(14)13(10)16-17/h6-8H,4-5,9H2,1-3H3. The molecule has 0 amide bonds. The SMILES string of the molecule is C[Si](C)(C)CCOCn1cc2cc(I)cc(Br)c2n1. The maximum absolute atomic E-state index is 5.71. The van der Waals surface area contributed by atoms with E-state index in [9.17, 15) is 0 Å². The van der Waals surface area contributed by atoms with Crippen LogP contribution in [0, 0.1) is 3.57 Å². The van der Waals surface area contributed by atoms with E-state index in [0.29, 0.717) is 6.73 Å². The normalized spacial score (nSPS) is 12.3. The second kappa shape index (κ2) is 6.24. The van der Waals surface area contributed by atoms with Crippen molar-refractivity contribution in [2.75, 3.05) is 6.61 Å². The lowest BCUT2D eigenvalue weighted by molar-refractivity contribution is 0.0791. The Hall–Kier alpha value is 0.0769. The summed E-state index contributed by atoms with van der Waals surface area (Å²) in [6.07, 6.45) is 2.04. The molecule has 1 aromatic carbocycles. The zero-order valence-electron chi connectivity index (χ0n) is 11.4. The number of rotatable bonds is 5. The van der Waals surface area contributed by atoms with Crippen LogP contribution in [0.25, 0.3) is 10.9 Å². The quantitative estimate of drug-likeness (QED) is 0.373. The molecule has 19 heavy (non-hydrogen) atoms. The molecule has 1 aromatic heterocycles. The van der Waals surface area contributed by atoms with Crippen molar-refractivity contribution in [3.63, 3.8) is 0 Å². The molecule has 6 heteroatoms. The molecule has 104 valence electrons. The largest absolute Gasteiger partial charge is 0.360 e. The van der Waals surface area contributed by atoms with E-state index in [0.717, 1.165) is 22.0 Å².